The summed E-state index contributed by atoms with van der Waals surface area (Å²) in [4.78, 5) is 0. The Hall–Kier alpha value is -1.49. The fourth-order valence-corrected chi connectivity index (χ4v) is 2.56. The molecule has 1 aromatic carbocycles. The Bertz CT molecular complexity index is 480. The van der Waals surface area contributed by atoms with Crippen molar-refractivity contribution >= 4 is 11.4 Å². The number of anilines is 2. The molecule has 0 aliphatic carbocycles. The molecule has 2 unspecified atom stereocenters. The van der Waals surface area contributed by atoms with Crippen LogP contribution in [0.1, 0.15) is 6.92 Å². The van der Waals surface area contributed by atoms with Gasteiger partial charge in [0.1, 0.15) is 0 Å². The van der Waals surface area contributed by atoms with E-state index >= 15 is 0 Å². The second-order valence-corrected chi connectivity index (χ2v) is 5.25. The van der Waals surface area contributed by atoms with Gasteiger partial charge in [0.05, 0.1) is 37.7 Å². The highest BCUT2D eigenvalue weighted by Gasteiger charge is 2.41. The van der Waals surface area contributed by atoms with E-state index in [1.54, 1.807) is 6.07 Å². The van der Waals surface area contributed by atoms with Crippen LogP contribution in [-0.2, 0) is 4.74 Å². The zero-order valence-electron chi connectivity index (χ0n) is 10.5. The van der Waals surface area contributed by atoms with E-state index in [2.05, 4.69) is 17.6 Å². The molecule has 2 heterocycles. The zero-order valence-corrected chi connectivity index (χ0v) is 10.5. The average Bonchev–Trinajstić information content (AvgIpc) is 2.65. The largest absolute Gasteiger partial charge is 0.494 e. The summed E-state index contributed by atoms with van der Waals surface area (Å²) >= 11 is 0. The average molecular weight is 252 g/mol. The number of methoxy groups -OCH3 is 1. The van der Waals surface area contributed by atoms with Crippen LogP contribution < -0.4 is 15.4 Å². The molecule has 1 aromatic rings. The maximum atomic E-state index is 13.7. The topological polar surface area (TPSA) is 42.5 Å². The van der Waals surface area contributed by atoms with Gasteiger partial charge in [0.2, 0.25) is 0 Å². The normalized spacial score (nSPS) is 29.6. The van der Waals surface area contributed by atoms with E-state index < -0.39 is 0 Å². The summed E-state index contributed by atoms with van der Waals surface area (Å²) in [6.45, 7) is 4.33. The molecule has 0 aromatic heterocycles. The number of benzene rings is 1. The van der Waals surface area contributed by atoms with Gasteiger partial charge in [0.25, 0.3) is 0 Å². The fourth-order valence-electron chi connectivity index (χ4n) is 2.56. The first-order valence-corrected chi connectivity index (χ1v) is 6.08. The Morgan fingerprint density at radius 1 is 1.44 bits per heavy atom. The molecule has 0 saturated carbocycles. The van der Waals surface area contributed by atoms with Gasteiger partial charge in [-0.2, -0.15) is 0 Å². The van der Waals surface area contributed by atoms with Gasteiger partial charge in [-0.05, 0) is 0 Å². The van der Waals surface area contributed by atoms with Gasteiger partial charge in [-0.1, -0.05) is 6.92 Å². The molecule has 2 atom stereocenters. The van der Waals surface area contributed by atoms with E-state index in [9.17, 15) is 4.39 Å². The van der Waals surface area contributed by atoms with Gasteiger partial charge in [-0.3, -0.25) is 0 Å². The number of hydrogen-bond donors (Lipinski definition) is 2. The maximum absolute atomic E-state index is 13.7. The van der Waals surface area contributed by atoms with Crippen LogP contribution in [0, 0.1) is 11.2 Å². The summed E-state index contributed by atoms with van der Waals surface area (Å²) in [6, 6.07) is 3.41. The Morgan fingerprint density at radius 3 is 3.06 bits per heavy atom. The lowest BCUT2D eigenvalue weighted by Crippen LogP contribution is -2.40. The van der Waals surface area contributed by atoms with Crippen molar-refractivity contribution in [3.8, 4) is 5.75 Å². The molecule has 2 aliphatic heterocycles. The quantitative estimate of drug-likeness (QED) is 0.803. The maximum Gasteiger partial charge on any atom is 0.167 e. The third-order valence-electron chi connectivity index (χ3n) is 3.86. The standard InChI is InChI=1S/C13H17FN2O2/c1-13-6-15-9-3-8(14)11(17-2)4-10(9)16-12(13)5-18-7-13/h3-4,12,15-16H,5-7H2,1-2H3. The molecule has 1 fully saturated rings. The van der Waals surface area contributed by atoms with Gasteiger partial charge < -0.3 is 20.1 Å². The molecular formula is C13H17FN2O2. The first-order valence-electron chi connectivity index (χ1n) is 6.08. The van der Waals surface area contributed by atoms with Crippen LogP contribution in [0.5, 0.6) is 5.75 Å². The minimum Gasteiger partial charge on any atom is -0.494 e. The lowest BCUT2D eigenvalue weighted by molar-refractivity contribution is 0.164. The molecule has 98 valence electrons. The van der Waals surface area contributed by atoms with E-state index in [1.165, 1.54) is 13.2 Å². The van der Waals surface area contributed by atoms with Crippen molar-refractivity contribution in [3.05, 3.63) is 17.9 Å². The third-order valence-corrected chi connectivity index (χ3v) is 3.86. The second-order valence-electron chi connectivity index (χ2n) is 5.25. The Kier molecular flexibility index (Phi) is 2.59. The van der Waals surface area contributed by atoms with Crippen LogP contribution in [0.3, 0.4) is 0 Å². The molecule has 18 heavy (non-hydrogen) atoms. The van der Waals surface area contributed by atoms with Crippen LogP contribution >= 0.6 is 0 Å². The predicted octanol–water partition coefficient (Wildman–Crippen LogP) is 2.08. The molecule has 0 bridgehead atoms. The molecule has 5 heteroatoms. The van der Waals surface area contributed by atoms with Crippen molar-refractivity contribution in [1.29, 1.82) is 0 Å². The lowest BCUT2D eigenvalue weighted by Gasteiger charge is -2.27. The summed E-state index contributed by atoms with van der Waals surface area (Å²) in [5.74, 6) is -0.0930. The van der Waals surface area contributed by atoms with E-state index in [0.29, 0.717) is 13.2 Å². The van der Waals surface area contributed by atoms with Gasteiger partial charge >= 0.3 is 0 Å². The molecular weight excluding hydrogens is 235 g/mol. The molecule has 2 N–H and O–H groups in total. The summed E-state index contributed by atoms with van der Waals surface area (Å²) in [5.41, 5.74) is 1.68. The Labute approximate surface area is 105 Å². The highest BCUT2D eigenvalue weighted by Crippen LogP contribution is 2.39. The van der Waals surface area contributed by atoms with Crippen molar-refractivity contribution in [2.45, 2.75) is 13.0 Å². The minimum atomic E-state index is -0.348. The van der Waals surface area contributed by atoms with Crippen molar-refractivity contribution in [2.75, 3.05) is 37.5 Å². The summed E-state index contributed by atoms with van der Waals surface area (Å²) in [6.07, 6.45) is 0. The van der Waals surface area contributed by atoms with Crippen LogP contribution in [0.2, 0.25) is 0 Å². The summed E-state index contributed by atoms with van der Waals surface area (Å²) in [5, 5.41) is 6.72. The number of hydrogen-bond acceptors (Lipinski definition) is 4. The SMILES string of the molecule is COc1cc2c(cc1F)NCC1(C)COCC1N2. The fraction of sp³-hybridized carbons (Fsp3) is 0.538. The molecule has 4 nitrogen and oxygen atoms in total. The van der Waals surface area contributed by atoms with Crippen LogP contribution in [0.25, 0.3) is 0 Å². The summed E-state index contributed by atoms with van der Waals surface area (Å²) in [7, 11) is 1.47. The van der Waals surface area contributed by atoms with E-state index in [-0.39, 0.29) is 23.0 Å². The van der Waals surface area contributed by atoms with Crippen molar-refractivity contribution in [3.63, 3.8) is 0 Å². The van der Waals surface area contributed by atoms with Crippen LogP contribution in [0.15, 0.2) is 12.1 Å². The highest BCUT2D eigenvalue weighted by atomic mass is 19.1. The molecule has 0 amide bonds. The third kappa shape index (κ3) is 1.70. The predicted molar refractivity (Wildman–Crippen MR) is 67.8 cm³/mol. The van der Waals surface area contributed by atoms with Crippen LogP contribution in [0.4, 0.5) is 15.8 Å². The molecule has 2 aliphatic rings. The van der Waals surface area contributed by atoms with E-state index in [1.807, 2.05) is 0 Å². The first kappa shape index (κ1) is 11.6. The van der Waals surface area contributed by atoms with Gasteiger partial charge in [-0.25, -0.2) is 4.39 Å². The number of halogens is 1. The molecule has 1 saturated heterocycles. The minimum absolute atomic E-state index is 0.0305. The number of ether oxygens (including phenoxy) is 2. The molecule has 0 radical (unpaired) electrons. The van der Waals surface area contributed by atoms with Crippen molar-refractivity contribution < 1.29 is 13.9 Å². The van der Waals surface area contributed by atoms with Gasteiger partial charge in [0.15, 0.2) is 11.6 Å². The number of fused-ring (bicyclic) bond motifs is 2. The van der Waals surface area contributed by atoms with E-state index in [0.717, 1.165) is 17.9 Å². The zero-order chi connectivity index (χ0) is 12.8. The molecule has 3 rings (SSSR count). The number of nitrogens with one attached hydrogen (secondary N) is 2. The van der Waals surface area contributed by atoms with Crippen LogP contribution in [-0.4, -0.2) is 32.9 Å². The van der Waals surface area contributed by atoms with Gasteiger partial charge in [0, 0.05) is 24.1 Å². The van der Waals surface area contributed by atoms with Crippen molar-refractivity contribution in [2.24, 2.45) is 5.41 Å². The van der Waals surface area contributed by atoms with Crippen molar-refractivity contribution in [1.82, 2.24) is 0 Å². The highest BCUT2D eigenvalue weighted by molar-refractivity contribution is 5.72. The summed E-state index contributed by atoms with van der Waals surface area (Å²) < 4.78 is 24.2. The Morgan fingerprint density at radius 2 is 2.28 bits per heavy atom. The second kappa shape index (κ2) is 4.02. The smallest absolute Gasteiger partial charge is 0.167 e. The monoisotopic (exact) mass is 252 g/mol. The van der Waals surface area contributed by atoms with E-state index in [4.69, 9.17) is 9.47 Å². The first-order chi connectivity index (χ1) is 8.62. The number of rotatable bonds is 1. The lowest BCUT2D eigenvalue weighted by atomic mass is 9.85. The molecule has 0 spiro atoms. The Balaban J connectivity index is 1.99. The van der Waals surface area contributed by atoms with Gasteiger partial charge in [-0.15, -0.1) is 0 Å².